The summed E-state index contributed by atoms with van der Waals surface area (Å²) in [5.74, 6) is 1.81. The van der Waals surface area contributed by atoms with Crippen LogP contribution in [0.2, 0.25) is 0 Å². The molecule has 0 aliphatic rings. The lowest BCUT2D eigenvalue weighted by molar-refractivity contribution is 0.632. The summed E-state index contributed by atoms with van der Waals surface area (Å²) in [4.78, 5) is 8.36. The minimum atomic E-state index is 0. The van der Waals surface area contributed by atoms with E-state index in [2.05, 4.69) is 55.3 Å². The van der Waals surface area contributed by atoms with Crippen molar-refractivity contribution in [1.29, 1.82) is 0 Å². The van der Waals surface area contributed by atoms with Crippen LogP contribution in [0.3, 0.4) is 0 Å². The van der Waals surface area contributed by atoms with Crippen LogP contribution in [0.15, 0.2) is 29.8 Å². The molecule has 0 atom stereocenters. The van der Waals surface area contributed by atoms with E-state index in [1.54, 1.807) is 13.4 Å². The molecule has 0 saturated heterocycles. The van der Waals surface area contributed by atoms with Crippen LogP contribution in [0.25, 0.3) is 0 Å². The quantitative estimate of drug-likeness (QED) is 0.386. The second-order valence-corrected chi connectivity index (χ2v) is 5.27. The van der Waals surface area contributed by atoms with Crippen molar-refractivity contribution in [1.82, 2.24) is 30.4 Å². The first kappa shape index (κ1) is 20.3. The molecule has 0 amide bonds. The van der Waals surface area contributed by atoms with Crippen molar-refractivity contribution in [3.05, 3.63) is 41.7 Å². The molecule has 0 radical (unpaired) electrons. The lowest BCUT2D eigenvalue weighted by Gasteiger charge is -2.13. The molecular formula is C16H26IN7. The predicted molar refractivity (Wildman–Crippen MR) is 107 cm³/mol. The van der Waals surface area contributed by atoms with Gasteiger partial charge in [-0.05, 0) is 30.5 Å². The Bertz CT molecular complexity index is 639. The van der Waals surface area contributed by atoms with Gasteiger partial charge in [0.05, 0.1) is 0 Å². The molecule has 0 bridgehead atoms. The van der Waals surface area contributed by atoms with Crippen molar-refractivity contribution in [3.8, 4) is 0 Å². The van der Waals surface area contributed by atoms with Gasteiger partial charge in [0, 0.05) is 45.5 Å². The molecule has 7 nitrogen and oxygen atoms in total. The molecule has 8 heteroatoms. The molecule has 0 unspecified atom stereocenters. The van der Waals surface area contributed by atoms with Gasteiger partial charge in [-0.25, -0.2) is 0 Å². The highest BCUT2D eigenvalue weighted by atomic mass is 127. The number of pyridine rings is 1. The fraction of sp³-hybridized carbons (Fsp3) is 0.500. The lowest BCUT2D eigenvalue weighted by atomic mass is 10.1. The van der Waals surface area contributed by atoms with Crippen LogP contribution >= 0.6 is 24.0 Å². The first-order valence-electron chi connectivity index (χ1n) is 7.95. The first-order chi connectivity index (χ1) is 11.2. The Balaban J connectivity index is 0.00000288. The molecule has 0 aromatic carbocycles. The van der Waals surface area contributed by atoms with Crippen molar-refractivity contribution < 1.29 is 0 Å². The van der Waals surface area contributed by atoms with Gasteiger partial charge in [-0.2, -0.15) is 0 Å². The summed E-state index contributed by atoms with van der Waals surface area (Å²) in [5, 5.41) is 14.7. The Kier molecular flexibility index (Phi) is 9.28. The van der Waals surface area contributed by atoms with E-state index in [0.717, 1.165) is 44.3 Å². The summed E-state index contributed by atoms with van der Waals surface area (Å²) in [5.41, 5.74) is 2.52. The zero-order chi connectivity index (χ0) is 16.5. The lowest BCUT2D eigenvalue weighted by Crippen LogP contribution is -2.39. The Morgan fingerprint density at radius 1 is 1.29 bits per heavy atom. The molecule has 2 aromatic rings. The number of rotatable bonds is 7. The summed E-state index contributed by atoms with van der Waals surface area (Å²) < 4.78 is 2.06. The Morgan fingerprint density at radius 2 is 2.08 bits per heavy atom. The molecule has 132 valence electrons. The van der Waals surface area contributed by atoms with Gasteiger partial charge < -0.3 is 15.2 Å². The molecule has 0 aliphatic carbocycles. The van der Waals surface area contributed by atoms with E-state index in [9.17, 15) is 0 Å². The summed E-state index contributed by atoms with van der Waals surface area (Å²) >= 11 is 0. The second kappa shape index (κ2) is 11.0. The van der Waals surface area contributed by atoms with Gasteiger partial charge in [-0.15, -0.1) is 34.2 Å². The van der Waals surface area contributed by atoms with Crippen LogP contribution < -0.4 is 10.6 Å². The topological polar surface area (TPSA) is 80.0 Å². The van der Waals surface area contributed by atoms with E-state index in [1.165, 1.54) is 11.1 Å². The summed E-state index contributed by atoms with van der Waals surface area (Å²) in [7, 11) is 1.78. The Labute approximate surface area is 160 Å². The van der Waals surface area contributed by atoms with Crippen molar-refractivity contribution in [2.75, 3.05) is 20.1 Å². The number of aromatic nitrogens is 4. The standard InChI is InChI=1S/C16H25N7.HI/c1-4-15-22-21-12-23(15)10-9-20-16(17-3)19-8-6-14-5-7-18-11-13(14)2;/h5,7,11-12H,4,6,8-10H2,1-3H3,(H2,17,19,20);1H. The maximum absolute atomic E-state index is 4.24. The molecule has 0 aliphatic heterocycles. The maximum atomic E-state index is 4.24. The third-order valence-electron chi connectivity index (χ3n) is 3.70. The van der Waals surface area contributed by atoms with Gasteiger partial charge in [0.2, 0.25) is 0 Å². The summed E-state index contributed by atoms with van der Waals surface area (Å²) in [6.07, 6.45) is 7.33. The monoisotopic (exact) mass is 443 g/mol. The van der Waals surface area contributed by atoms with Gasteiger partial charge in [0.15, 0.2) is 5.96 Å². The third-order valence-corrected chi connectivity index (χ3v) is 3.70. The number of halogens is 1. The van der Waals surface area contributed by atoms with Crippen LogP contribution in [0.5, 0.6) is 0 Å². The number of nitrogens with one attached hydrogen (secondary N) is 2. The Morgan fingerprint density at radius 3 is 2.79 bits per heavy atom. The first-order valence-corrected chi connectivity index (χ1v) is 7.95. The molecule has 0 spiro atoms. The Hall–Kier alpha value is -1.71. The number of guanidine groups is 1. The maximum Gasteiger partial charge on any atom is 0.191 e. The number of aliphatic imine (C=N–C) groups is 1. The summed E-state index contributed by atoms with van der Waals surface area (Å²) in [6, 6.07) is 2.06. The predicted octanol–water partition coefficient (Wildman–Crippen LogP) is 1.57. The van der Waals surface area contributed by atoms with Gasteiger partial charge in [0.25, 0.3) is 0 Å². The number of aryl methyl sites for hydroxylation is 2. The fourth-order valence-corrected chi connectivity index (χ4v) is 2.35. The van der Waals surface area contributed by atoms with Crippen LogP contribution in [0.4, 0.5) is 0 Å². The minimum absolute atomic E-state index is 0. The van der Waals surface area contributed by atoms with E-state index >= 15 is 0 Å². The summed E-state index contributed by atoms with van der Waals surface area (Å²) in [6.45, 7) is 6.59. The van der Waals surface area contributed by atoms with Crippen molar-refractivity contribution in [3.63, 3.8) is 0 Å². The molecule has 2 N–H and O–H groups in total. The van der Waals surface area contributed by atoms with E-state index in [1.807, 2.05) is 12.4 Å². The molecule has 2 aromatic heterocycles. The number of nitrogens with zero attached hydrogens (tertiary/aromatic N) is 5. The van der Waals surface area contributed by atoms with E-state index in [-0.39, 0.29) is 24.0 Å². The van der Waals surface area contributed by atoms with E-state index in [0.29, 0.717) is 0 Å². The van der Waals surface area contributed by atoms with Gasteiger partial charge in [-0.1, -0.05) is 6.92 Å². The second-order valence-electron chi connectivity index (χ2n) is 5.27. The highest BCUT2D eigenvalue weighted by Crippen LogP contribution is 2.04. The molecular weight excluding hydrogens is 417 g/mol. The van der Waals surface area contributed by atoms with Gasteiger partial charge in [0.1, 0.15) is 12.2 Å². The van der Waals surface area contributed by atoms with Crippen molar-refractivity contribution in [2.24, 2.45) is 4.99 Å². The van der Waals surface area contributed by atoms with E-state index < -0.39 is 0 Å². The highest BCUT2D eigenvalue weighted by molar-refractivity contribution is 14.0. The average molecular weight is 443 g/mol. The number of hydrogen-bond acceptors (Lipinski definition) is 4. The van der Waals surface area contributed by atoms with Crippen molar-refractivity contribution >= 4 is 29.9 Å². The fourth-order valence-electron chi connectivity index (χ4n) is 2.35. The molecule has 2 heterocycles. The number of hydrogen-bond donors (Lipinski definition) is 2. The molecule has 24 heavy (non-hydrogen) atoms. The van der Waals surface area contributed by atoms with E-state index in [4.69, 9.17) is 0 Å². The largest absolute Gasteiger partial charge is 0.356 e. The van der Waals surface area contributed by atoms with Crippen LogP contribution in [-0.4, -0.2) is 45.8 Å². The zero-order valence-corrected chi connectivity index (χ0v) is 16.8. The third kappa shape index (κ3) is 6.06. The van der Waals surface area contributed by atoms with Gasteiger partial charge in [-0.3, -0.25) is 9.98 Å². The van der Waals surface area contributed by atoms with Gasteiger partial charge >= 0.3 is 0 Å². The smallest absolute Gasteiger partial charge is 0.191 e. The molecule has 0 fully saturated rings. The SMILES string of the molecule is CCc1nncn1CCNC(=NC)NCCc1ccncc1C.I. The average Bonchev–Trinajstić information content (AvgIpc) is 3.02. The zero-order valence-electron chi connectivity index (χ0n) is 14.5. The van der Waals surface area contributed by atoms with Crippen LogP contribution in [-0.2, 0) is 19.4 Å². The highest BCUT2D eigenvalue weighted by Gasteiger charge is 2.03. The van der Waals surface area contributed by atoms with Crippen LogP contribution in [0, 0.1) is 6.92 Å². The molecule has 0 saturated carbocycles. The van der Waals surface area contributed by atoms with Crippen LogP contribution in [0.1, 0.15) is 23.9 Å². The van der Waals surface area contributed by atoms with Crippen molar-refractivity contribution in [2.45, 2.75) is 33.2 Å². The molecule has 2 rings (SSSR count). The minimum Gasteiger partial charge on any atom is -0.356 e. The normalized spacial score (nSPS) is 11.0.